The van der Waals surface area contributed by atoms with E-state index in [4.69, 9.17) is 11.6 Å². The molecule has 2 aromatic carbocycles. The lowest BCUT2D eigenvalue weighted by Gasteiger charge is -2.33. The number of benzene rings is 2. The fourth-order valence-electron chi connectivity index (χ4n) is 3.14. The summed E-state index contributed by atoms with van der Waals surface area (Å²) < 4.78 is 40.1. The highest BCUT2D eigenvalue weighted by Gasteiger charge is 2.29. The third-order valence-corrected chi connectivity index (χ3v) is 7.20. The topological polar surface area (TPSA) is 69.7 Å². The average Bonchev–Trinajstić information content (AvgIpc) is 2.67. The van der Waals surface area contributed by atoms with Crippen LogP contribution in [0.1, 0.15) is 11.1 Å². The van der Waals surface area contributed by atoms with Crippen LogP contribution in [0, 0.1) is 19.7 Å². The number of sulfonamides is 1. The maximum atomic E-state index is 13.3. The largest absolute Gasteiger partial charge is 0.325 e. The second-order valence-electron chi connectivity index (χ2n) is 7.10. The standard InChI is InChI=1S/C20H23ClFN3O3S/c1-14-3-4-16(11-15(14)2)23-20(26)13-24-7-9-25(10-8-24)29(27,28)17-5-6-19(22)18(21)12-17/h3-6,11-12H,7-10,13H2,1-2H3,(H,23,26). The van der Waals surface area contributed by atoms with Crippen LogP contribution in [-0.4, -0.2) is 56.3 Å². The van der Waals surface area contributed by atoms with E-state index in [1.165, 1.54) is 10.4 Å². The van der Waals surface area contributed by atoms with Crippen LogP contribution in [-0.2, 0) is 14.8 Å². The number of rotatable bonds is 5. The summed E-state index contributed by atoms with van der Waals surface area (Å²) in [6.07, 6.45) is 0. The van der Waals surface area contributed by atoms with Crippen molar-refractivity contribution in [2.75, 3.05) is 38.0 Å². The average molecular weight is 440 g/mol. The molecule has 9 heteroatoms. The van der Waals surface area contributed by atoms with Gasteiger partial charge in [0.2, 0.25) is 15.9 Å². The van der Waals surface area contributed by atoms with Crippen molar-refractivity contribution in [1.82, 2.24) is 9.21 Å². The van der Waals surface area contributed by atoms with E-state index < -0.39 is 15.8 Å². The number of hydrogen-bond acceptors (Lipinski definition) is 4. The van der Waals surface area contributed by atoms with E-state index in [9.17, 15) is 17.6 Å². The Balaban J connectivity index is 1.56. The van der Waals surface area contributed by atoms with Crippen LogP contribution in [0.2, 0.25) is 5.02 Å². The minimum Gasteiger partial charge on any atom is -0.325 e. The molecule has 156 valence electrons. The first-order valence-corrected chi connectivity index (χ1v) is 11.0. The minimum atomic E-state index is -3.76. The van der Waals surface area contributed by atoms with E-state index in [1.807, 2.05) is 36.9 Å². The SMILES string of the molecule is Cc1ccc(NC(=O)CN2CCN(S(=O)(=O)c3ccc(F)c(Cl)c3)CC2)cc1C. The molecule has 0 aliphatic carbocycles. The van der Waals surface area contributed by atoms with E-state index in [-0.39, 0.29) is 35.5 Å². The molecular formula is C20H23ClFN3O3S. The highest BCUT2D eigenvalue weighted by Crippen LogP contribution is 2.23. The minimum absolute atomic E-state index is 0.0372. The molecule has 0 radical (unpaired) electrons. The maximum absolute atomic E-state index is 13.3. The van der Waals surface area contributed by atoms with Gasteiger partial charge in [-0.25, -0.2) is 12.8 Å². The van der Waals surface area contributed by atoms with Crippen molar-refractivity contribution in [3.8, 4) is 0 Å². The third kappa shape index (κ3) is 5.14. The Morgan fingerprint density at radius 3 is 2.38 bits per heavy atom. The Morgan fingerprint density at radius 1 is 1.07 bits per heavy atom. The van der Waals surface area contributed by atoms with Crippen LogP contribution in [0.15, 0.2) is 41.3 Å². The van der Waals surface area contributed by atoms with Gasteiger partial charge in [0.1, 0.15) is 5.82 Å². The molecule has 1 aliphatic heterocycles. The summed E-state index contributed by atoms with van der Waals surface area (Å²) in [5, 5.41) is 2.64. The van der Waals surface area contributed by atoms with Gasteiger partial charge in [-0.1, -0.05) is 17.7 Å². The van der Waals surface area contributed by atoms with Gasteiger partial charge >= 0.3 is 0 Å². The molecule has 0 atom stereocenters. The molecule has 1 fully saturated rings. The molecule has 1 amide bonds. The van der Waals surface area contributed by atoms with Crippen LogP contribution in [0.3, 0.4) is 0 Å². The smallest absolute Gasteiger partial charge is 0.243 e. The molecule has 29 heavy (non-hydrogen) atoms. The summed E-state index contributed by atoms with van der Waals surface area (Å²) in [5.74, 6) is -0.805. The van der Waals surface area contributed by atoms with Crippen molar-refractivity contribution in [1.29, 1.82) is 0 Å². The Bertz CT molecular complexity index is 1020. The number of aryl methyl sites for hydroxylation is 2. The van der Waals surface area contributed by atoms with Gasteiger partial charge in [0.25, 0.3) is 0 Å². The number of nitrogens with one attached hydrogen (secondary N) is 1. The predicted octanol–water partition coefficient (Wildman–Crippen LogP) is 3.04. The van der Waals surface area contributed by atoms with E-state index >= 15 is 0 Å². The second kappa shape index (κ2) is 8.79. The van der Waals surface area contributed by atoms with E-state index in [0.29, 0.717) is 13.1 Å². The Labute approximate surface area is 175 Å². The van der Waals surface area contributed by atoms with Crippen molar-refractivity contribution in [2.24, 2.45) is 0 Å². The first-order chi connectivity index (χ1) is 13.7. The summed E-state index contributed by atoms with van der Waals surface area (Å²) in [6.45, 7) is 5.52. The quantitative estimate of drug-likeness (QED) is 0.777. The van der Waals surface area contributed by atoms with Gasteiger partial charge in [-0.15, -0.1) is 0 Å². The zero-order valence-electron chi connectivity index (χ0n) is 16.3. The molecule has 0 spiro atoms. The highest BCUT2D eigenvalue weighted by molar-refractivity contribution is 7.89. The summed E-state index contributed by atoms with van der Waals surface area (Å²) in [5.41, 5.74) is 3.00. The van der Waals surface area contributed by atoms with Crippen LogP contribution in [0.25, 0.3) is 0 Å². The molecule has 6 nitrogen and oxygen atoms in total. The number of nitrogens with zero attached hydrogens (tertiary/aromatic N) is 2. The third-order valence-electron chi connectivity index (χ3n) is 5.02. The summed E-state index contributed by atoms with van der Waals surface area (Å²) in [6, 6.07) is 9.11. The van der Waals surface area contributed by atoms with Gasteiger partial charge in [-0.3, -0.25) is 9.69 Å². The normalized spacial score (nSPS) is 16.0. The number of anilines is 1. The maximum Gasteiger partial charge on any atom is 0.243 e. The molecular weight excluding hydrogens is 417 g/mol. The molecule has 0 bridgehead atoms. The van der Waals surface area contributed by atoms with E-state index in [0.717, 1.165) is 28.9 Å². The molecule has 0 unspecified atom stereocenters. The zero-order valence-corrected chi connectivity index (χ0v) is 17.9. The Hall–Kier alpha value is -2.00. The first kappa shape index (κ1) is 21.7. The van der Waals surface area contributed by atoms with E-state index in [2.05, 4.69) is 5.32 Å². The van der Waals surface area contributed by atoms with E-state index in [1.54, 1.807) is 0 Å². The van der Waals surface area contributed by atoms with Crippen molar-refractivity contribution >= 4 is 33.2 Å². The van der Waals surface area contributed by atoms with Gasteiger partial charge in [0, 0.05) is 31.9 Å². The number of carbonyl (C=O) groups is 1. The lowest BCUT2D eigenvalue weighted by atomic mass is 10.1. The van der Waals surface area contributed by atoms with Gasteiger partial charge in [0.05, 0.1) is 16.5 Å². The van der Waals surface area contributed by atoms with Crippen molar-refractivity contribution in [3.63, 3.8) is 0 Å². The molecule has 1 aliphatic rings. The van der Waals surface area contributed by atoms with Crippen molar-refractivity contribution in [2.45, 2.75) is 18.7 Å². The Morgan fingerprint density at radius 2 is 1.76 bits per heavy atom. The number of carbonyl (C=O) groups excluding carboxylic acids is 1. The van der Waals surface area contributed by atoms with Crippen molar-refractivity contribution < 1.29 is 17.6 Å². The predicted molar refractivity (Wildman–Crippen MR) is 111 cm³/mol. The molecule has 3 rings (SSSR count). The lowest BCUT2D eigenvalue weighted by molar-refractivity contribution is -0.117. The van der Waals surface area contributed by atoms with Crippen LogP contribution in [0.4, 0.5) is 10.1 Å². The fraction of sp³-hybridized carbons (Fsp3) is 0.350. The summed E-state index contributed by atoms with van der Waals surface area (Å²) >= 11 is 5.71. The number of piperazine rings is 1. The molecule has 1 N–H and O–H groups in total. The second-order valence-corrected chi connectivity index (χ2v) is 9.45. The lowest BCUT2D eigenvalue weighted by Crippen LogP contribution is -2.50. The number of amides is 1. The molecule has 1 heterocycles. The fourth-order valence-corrected chi connectivity index (χ4v) is 4.83. The number of hydrogen-bond donors (Lipinski definition) is 1. The first-order valence-electron chi connectivity index (χ1n) is 9.21. The zero-order chi connectivity index (χ0) is 21.2. The molecule has 0 saturated carbocycles. The molecule has 2 aromatic rings. The summed E-state index contributed by atoms with van der Waals surface area (Å²) in [7, 11) is -3.76. The van der Waals surface area contributed by atoms with Gasteiger partial charge in [-0.05, 0) is 55.3 Å². The molecule has 1 saturated heterocycles. The highest BCUT2D eigenvalue weighted by atomic mass is 35.5. The van der Waals surface area contributed by atoms with Gasteiger partial charge in [-0.2, -0.15) is 4.31 Å². The van der Waals surface area contributed by atoms with Crippen LogP contribution in [0.5, 0.6) is 0 Å². The number of halogens is 2. The van der Waals surface area contributed by atoms with Gasteiger partial charge in [0.15, 0.2) is 0 Å². The monoisotopic (exact) mass is 439 g/mol. The van der Waals surface area contributed by atoms with Crippen LogP contribution < -0.4 is 5.32 Å². The van der Waals surface area contributed by atoms with Crippen molar-refractivity contribution in [3.05, 3.63) is 58.4 Å². The van der Waals surface area contributed by atoms with Gasteiger partial charge < -0.3 is 5.32 Å². The Kier molecular flexibility index (Phi) is 6.58. The molecule has 0 aromatic heterocycles. The summed E-state index contributed by atoms with van der Waals surface area (Å²) in [4.78, 5) is 14.2. The van der Waals surface area contributed by atoms with Crippen LogP contribution >= 0.6 is 11.6 Å².